The molecule has 0 bridgehead atoms. The lowest BCUT2D eigenvalue weighted by Crippen LogP contribution is -2.40. The molecule has 0 N–H and O–H groups in total. The van der Waals surface area contributed by atoms with E-state index in [0.717, 1.165) is 30.6 Å². The molecule has 2 aliphatic heterocycles. The number of fused-ring (bicyclic) bond motifs is 1. The van der Waals surface area contributed by atoms with Crippen LogP contribution in [0.5, 0.6) is 0 Å². The van der Waals surface area contributed by atoms with Gasteiger partial charge in [0.15, 0.2) is 0 Å². The molecule has 3 heterocycles. The number of piperidine rings is 1. The Bertz CT molecular complexity index is 640. The van der Waals surface area contributed by atoms with Gasteiger partial charge >= 0.3 is 0 Å². The van der Waals surface area contributed by atoms with E-state index in [-0.39, 0.29) is 11.5 Å². The van der Waals surface area contributed by atoms with E-state index in [4.69, 9.17) is 0 Å². The maximum atomic E-state index is 12.5. The first-order chi connectivity index (χ1) is 11.0. The summed E-state index contributed by atoms with van der Waals surface area (Å²) >= 11 is 0. The third-order valence-electron chi connectivity index (χ3n) is 5.20. The van der Waals surface area contributed by atoms with E-state index in [9.17, 15) is 9.59 Å². The van der Waals surface area contributed by atoms with Crippen molar-refractivity contribution in [3.05, 3.63) is 27.7 Å². The minimum atomic E-state index is -0.109. The van der Waals surface area contributed by atoms with Crippen molar-refractivity contribution in [2.45, 2.75) is 51.1 Å². The largest absolute Gasteiger partial charge is 0.338 e. The van der Waals surface area contributed by atoms with Crippen LogP contribution in [0.15, 0.2) is 10.9 Å². The Morgan fingerprint density at radius 3 is 2.91 bits per heavy atom. The minimum Gasteiger partial charge on any atom is -0.338 e. The maximum Gasteiger partial charge on any atom is 0.266 e. The fourth-order valence-corrected chi connectivity index (χ4v) is 3.66. The van der Waals surface area contributed by atoms with Crippen LogP contribution in [0.25, 0.3) is 0 Å². The number of carbonyl (C=O) groups excluding carboxylic acids is 1. The first-order valence-corrected chi connectivity index (χ1v) is 8.58. The number of hydrogen-bond acceptors (Lipinski definition) is 4. The zero-order valence-corrected chi connectivity index (χ0v) is 14.1. The van der Waals surface area contributed by atoms with E-state index >= 15 is 0 Å². The van der Waals surface area contributed by atoms with Crippen molar-refractivity contribution in [1.82, 2.24) is 19.6 Å². The highest BCUT2D eigenvalue weighted by Crippen LogP contribution is 2.21. The van der Waals surface area contributed by atoms with Gasteiger partial charge in [-0.25, -0.2) is 4.68 Å². The Kier molecular flexibility index (Phi) is 4.80. The lowest BCUT2D eigenvalue weighted by atomic mass is 9.98. The average Bonchev–Trinajstić information content (AvgIpc) is 2.54. The van der Waals surface area contributed by atoms with E-state index in [1.165, 1.54) is 23.9 Å². The highest BCUT2D eigenvalue weighted by atomic mass is 16.2. The number of amides is 1. The predicted octanol–water partition coefficient (Wildman–Crippen LogP) is 0.929. The molecule has 6 heteroatoms. The average molecular weight is 318 g/mol. The summed E-state index contributed by atoms with van der Waals surface area (Å²) in [5, 5.41) is 4.30. The SMILES string of the molecule is CN1CCCCC1CCC(=O)N1CCc2nn(C)c(=O)cc2C1. The third kappa shape index (κ3) is 3.63. The van der Waals surface area contributed by atoms with Gasteiger partial charge in [-0.15, -0.1) is 0 Å². The van der Waals surface area contributed by atoms with Gasteiger partial charge in [0.25, 0.3) is 5.56 Å². The molecule has 2 aliphatic rings. The van der Waals surface area contributed by atoms with Crippen LogP contribution in [-0.4, -0.2) is 51.7 Å². The normalized spacial score (nSPS) is 22.0. The molecule has 0 aliphatic carbocycles. The lowest BCUT2D eigenvalue weighted by Gasteiger charge is -2.33. The fourth-order valence-electron chi connectivity index (χ4n) is 3.66. The summed E-state index contributed by atoms with van der Waals surface area (Å²) in [5.74, 6) is 0.204. The predicted molar refractivity (Wildman–Crippen MR) is 88.1 cm³/mol. The molecule has 0 saturated carbocycles. The zero-order chi connectivity index (χ0) is 16.4. The topological polar surface area (TPSA) is 58.4 Å². The molecule has 1 aromatic rings. The first kappa shape index (κ1) is 16.2. The number of rotatable bonds is 3. The summed E-state index contributed by atoms with van der Waals surface area (Å²) < 4.78 is 1.37. The quantitative estimate of drug-likeness (QED) is 0.832. The second-order valence-electron chi connectivity index (χ2n) is 6.81. The van der Waals surface area contributed by atoms with Gasteiger partial charge in [0.2, 0.25) is 5.91 Å². The summed E-state index contributed by atoms with van der Waals surface area (Å²) in [6.45, 7) is 2.38. The molecule has 0 aromatic carbocycles. The molecule has 1 aromatic heterocycles. The highest BCUT2D eigenvalue weighted by Gasteiger charge is 2.24. The van der Waals surface area contributed by atoms with Gasteiger partial charge in [-0.3, -0.25) is 9.59 Å². The van der Waals surface area contributed by atoms with E-state index < -0.39 is 0 Å². The van der Waals surface area contributed by atoms with Gasteiger partial charge < -0.3 is 9.80 Å². The fraction of sp³-hybridized carbons (Fsp3) is 0.706. The van der Waals surface area contributed by atoms with Crippen LogP contribution in [0.1, 0.15) is 43.4 Å². The standard InChI is InChI=1S/C17H26N4O2/c1-19-9-4-3-5-14(19)6-7-16(22)21-10-8-15-13(12-21)11-17(23)20(2)18-15/h11,14H,3-10,12H2,1-2H3. The van der Waals surface area contributed by atoms with E-state index in [2.05, 4.69) is 17.0 Å². The molecule has 0 radical (unpaired) electrons. The van der Waals surface area contributed by atoms with Crippen molar-refractivity contribution < 1.29 is 4.79 Å². The number of aromatic nitrogens is 2. The Morgan fingerprint density at radius 2 is 2.13 bits per heavy atom. The highest BCUT2D eigenvalue weighted by molar-refractivity contribution is 5.76. The number of aryl methyl sites for hydroxylation is 1. The molecular formula is C17H26N4O2. The van der Waals surface area contributed by atoms with Crippen LogP contribution < -0.4 is 5.56 Å². The van der Waals surface area contributed by atoms with Crippen LogP contribution in [0.2, 0.25) is 0 Å². The molecule has 126 valence electrons. The molecule has 1 unspecified atom stereocenters. The van der Waals surface area contributed by atoms with E-state index in [0.29, 0.717) is 25.6 Å². The van der Waals surface area contributed by atoms with Crippen LogP contribution >= 0.6 is 0 Å². The smallest absolute Gasteiger partial charge is 0.266 e. The molecule has 1 atom stereocenters. The monoisotopic (exact) mass is 318 g/mol. The van der Waals surface area contributed by atoms with Gasteiger partial charge in [0.1, 0.15) is 0 Å². The molecule has 1 amide bonds. The Labute approximate surface area is 137 Å². The van der Waals surface area contributed by atoms with Crippen LogP contribution in [0.3, 0.4) is 0 Å². The number of likely N-dealkylation sites (tertiary alicyclic amines) is 1. The molecule has 0 spiro atoms. The zero-order valence-electron chi connectivity index (χ0n) is 14.1. The maximum absolute atomic E-state index is 12.5. The number of nitrogens with zero attached hydrogens (tertiary/aromatic N) is 4. The summed E-state index contributed by atoms with van der Waals surface area (Å²) in [6.07, 6.45) is 6.02. The van der Waals surface area contributed by atoms with Gasteiger partial charge in [0.05, 0.1) is 5.69 Å². The molecule has 23 heavy (non-hydrogen) atoms. The molecule has 1 saturated heterocycles. The number of hydrogen-bond donors (Lipinski definition) is 0. The van der Waals surface area contributed by atoms with Crippen LogP contribution in [0.4, 0.5) is 0 Å². The van der Waals surface area contributed by atoms with Gasteiger partial charge in [-0.05, 0) is 32.9 Å². The second kappa shape index (κ2) is 6.83. The molecular weight excluding hydrogens is 292 g/mol. The lowest BCUT2D eigenvalue weighted by molar-refractivity contribution is -0.132. The van der Waals surface area contributed by atoms with Crippen LogP contribution in [0, 0.1) is 0 Å². The Balaban J connectivity index is 1.58. The number of carbonyl (C=O) groups is 1. The van der Waals surface area contributed by atoms with Crippen molar-refractivity contribution in [2.24, 2.45) is 7.05 Å². The van der Waals surface area contributed by atoms with Gasteiger partial charge in [-0.2, -0.15) is 5.10 Å². The second-order valence-corrected chi connectivity index (χ2v) is 6.81. The molecule has 1 fully saturated rings. The van der Waals surface area contributed by atoms with Crippen molar-refractivity contribution in [3.8, 4) is 0 Å². The van der Waals surface area contributed by atoms with Gasteiger partial charge in [0, 0.05) is 50.7 Å². The van der Waals surface area contributed by atoms with Crippen molar-refractivity contribution in [2.75, 3.05) is 20.1 Å². The molecule has 3 rings (SSSR count). The van der Waals surface area contributed by atoms with Crippen LogP contribution in [-0.2, 0) is 24.8 Å². The van der Waals surface area contributed by atoms with Crippen molar-refractivity contribution in [1.29, 1.82) is 0 Å². The Hall–Kier alpha value is -1.69. The summed E-state index contributed by atoms with van der Waals surface area (Å²) in [5.41, 5.74) is 1.74. The van der Waals surface area contributed by atoms with E-state index in [1.807, 2.05) is 4.90 Å². The summed E-state index contributed by atoms with van der Waals surface area (Å²) in [7, 11) is 3.83. The van der Waals surface area contributed by atoms with Crippen molar-refractivity contribution in [3.63, 3.8) is 0 Å². The van der Waals surface area contributed by atoms with Gasteiger partial charge in [-0.1, -0.05) is 6.42 Å². The Morgan fingerprint density at radius 1 is 1.30 bits per heavy atom. The minimum absolute atomic E-state index is 0.109. The van der Waals surface area contributed by atoms with Crippen molar-refractivity contribution >= 4 is 5.91 Å². The third-order valence-corrected chi connectivity index (χ3v) is 5.20. The summed E-state index contributed by atoms with van der Waals surface area (Å²) in [6, 6.07) is 2.16. The molecule has 6 nitrogen and oxygen atoms in total. The van der Waals surface area contributed by atoms with E-state index in [1.54, 1.807) is 13.1 Å². The summed E-state index contributed by atoms with van der Waals surface area (Å²) in [4.78, 5) is 28.5. The first-order valence-electron chi connectivity index (χ1n) is 8.58.